The highest BCUT2D eigenvalue weighted by Crippen LogP contribution is 2.51. The third kappa shape index (κ3) is 2.86. The number of aromatic nitrogens is 1. The minimum Gasteiger partial charge on any atom is -0.301 e. The summed E-state index contributed by atoms with van der Waals surface area (Å²) < 4.78 is 0. The molecule has 0 radical (unpaired) electrons. The molecule has 0 unspecified atom stereocenters. The van der Waals surface area contributed by atoms with Crippen LogP contribution in [0.1, 0.15) is 29.5 Å². The van der Waals surface area contributed by atoms with E-state index in [2.05, 4.69) is 22.4 Å². The average molecular weight is 369 g/mol. The molecule has 1 N–H and O–H groups in total. The van der Waals surface area contributed by atoms with Gasteiger partial charge in [-0.3, -0.25) is 4.79 Å². The van der Waals surface area contributed by atoms with Crippen LogP contribution in [-0.4, -0.2) is 10.9 Å². The number of hydrogen-bond acceptors (Lipinski definition) is 3. The summed E-state index contributed by atoms with van der Waals surface area (Å²) in [5.41, 5.74) is 2.84. The number of carbonyl (C=O) groups is 1. The number of fused-ring (bicyclic) bond motifs is 1. The molecule has 0 spiro atoms. The maximum absolute atomic E-state index is 13.2. The van der Waals surface area contributed by atoms with Crippen LogP contribution < -0.4 is 5.32 Å². The lowest BCUT2D eigenvalue weighted by Crippen LogP contribution is -2.37. The van der Waals surface area contributed by atoms with Crippen molar-refractivity contribution in [3.05, 3.63) is 81.8 Å². The van der Waals surface area contributed by atoms with E-state index in [0.717, 1.165) is 11.1 Å². The summed E-state index contributed by atoms with van der Waals surface area (Å²) in [6.07, 6.45) is 2.37. The van der Waals surface area contributed by atoms with E-state index in [1.807, 2.05) is 48.7 Å². The Bertz CT molecular complexity index is 911. The minimum absolute atomic E-state index is 0.0105. The number of thiazole rings is 1. The van der Waals surface area contributed by atoms with Gasteiger partial charge in [-0.05, 0) is 42.2 Å². The van der Waals surface area contributed by atoms with E-state index < -0.39 is 5.41 Å². The molecule has 4 rings (SSSR count). The van der Waals surface area contributed by atoms with Crippen LogP contribution in [0.15, 0.2) is 60.1 Å². The molecule has 0 fully saturated rings. The Morgan fingerprint density at radius 1 is 1.28 bits per heavy atom. The zero-order valence-electron chi connectivity index (χ0n) is 13.7. The van der Waals surface area contributed by atoms with Crippen molar-refractivity contribution >= 4 is 34.0 Å². The van der Waals surface area contributed by atoms with Crippen LogP contribution >= 0.6 is 22.9 Å². The molecule has 25 heavy (non-hydrogen) atoms. The summed E-state index contributed by atoms with van der Waals surface area (Å²) in [5.74, 6) is -0.0500. The highest BCUT2D eigenvalue weighted by Gasteiger charge is 2.48. The second-order valence-corrected chi connectivity index (χ2v) is 7.90. The van der Waals surface area contributed by atoms with Gasteiger partial charge in [-0.1, -0.05) is 48.0 Å². The molecule has 2 aromatic carbocycles. The fourth-order valence-electron chi connectivity index (χ4n) is 3.77. The minimum atomic E-state index is -0.597. The van der Waals surface area contributed by atoms with E-state index in [0.29, 0.717) is 16.6 Å². The second-order valence-electron chi connectivity index (χ2n) is 6.57. The number of anilines is 1. The highest BCUT2D eigenvalue weighted by molar-refractivity contribution is 7.13. The van der Waals surface area contributed by atoms with Crippen LogP contribution in [0.3, 0.4) is 0 Å². The quantitative estimate of drug-likeness (QED) is 0.696. The summed E-state index contributed by atoms with van der Waals surface area (Å²) in [4.78, 5) is 17.4. The van der Waals surface area contributed by atoms with Crippen molar-refractivity contribution in [3.63, 3.8) is 0 Å². The van der Waals surface area contributed by atoms with Gasteiger partial charge in [-0.15, -0.1) is 11.3 Å². The van der Waals surface area contributed by atoms with E-state index in [1.165, 1.54) is 16.9 Å². The van der Waals surface area contributed by atoms with E-state index in [-0.39, 0.29) is 11.8 Å². The molecule has 0 saturated carbocycles. The van der Waals surface area contributed by atoms with Gasteiger partial charge in [0.1, 0.15) is 0 Å². The Kier molecular flexibility index (Phi) is 4.10. The molecule has 1 aliphatic carbocycles. The maximum atomic E-state index is 13.2. The van der Waals surface area contributed by atoms with Crippen molar-refractivity contribution in [1.29, 1.82) is 0 Å². The molecular weight excluding hydrogens is 352 g/mol. The number of nitrogens with one attached hydrogen (secondary N) is 1. The molecule has 3 aromatic rings. The van der Waals surface area contributed by atoms with E-state index >= 15 is 0 Å². The third-order valence-corrected chi connectivity index (χ3v) is 5.84. The fourth-order valence-corrected chi connectivity index (χ4v) is 4.47. The highest BCUT2D eigenvalue weighted by atomic mass is 35.5. The van der Waals surface area contributed by atoms with Crippen molar-refractivity contribution in [1.82, 2.24) is 4.98 Å². The molecule has 0 saturated heterocycles. The monoisotopic (exact) mass is 368 g/mol. The SMILES string of the molecule is C[C@]1(C(=O)Nc2nccs2)Cc2ccc(Cl)cc2[C@H]1c1ccccc1. The van der Waals surface area contributed by atoms with Gasteiger partial charge in [0.15, 0.2) is 5.13 Å². The number of nitrogens with zero attached hydrogens (tertiary/aromatic N) is 1. The van der Waals surface area contributed by atoms with Crippen LogP contribution in [0.2, 0.25) is 5.02 Å². The molecule has 5 heteroatoms. The maximum Gasteiger partial charge on any atom is 0.233 e. The van der Waals surface area contributed by atoms with Gasteiger partial charge in [-0.2, -0.15) is 0 Å². The molecule has 126 valence electrons. The predicted molar refractivity (Wildman–Crippen MR) is 102 cm³/mol. The number of hydrogen-bond donors (Lipinski definition) is 1. The van der Waals surface area contributed by atoms with Crippen molar-refractivity contribution in [2.24, 2.45) is 5.41 Å². The van der Waals surface area contributed by atoms with Crippen LogP contribution in [0.25, 0.3) is 0 Å². The Morgan fingerprint density at radius 2 is 2.08 bits per heavy atom. The van der Waals surface area contributed by atoms with E-state index in [9.17, 15) is 4.79 Å². The first-order valence-electron chi connectivity index (χ1n) is 8.12. The number of rotatable bonds is 3. The number of amides is 1. The number of benzene rings is 2. The van der Waals surface area contributed by atoms with Crippen LogP contribution in [0.4, 0.5) is 5.13 Å². The zero-order valence-corrected chi connectivity index (χ0v) is 15.3. The van der Waals surface area contributed by atoms with Crippen LogP contribution in [-0.2, 0) is 11.2 Å². The Labute approximate surface area is 155 Å². The van der Waals surface area contributed by atoms with Crippen molar-refractivity contribution in [3.8, 4) is 0 Å². The molecule has 0 bridgehead atoms. The Balaban J connectivity index is 1.79. The third-order valence-electron chi connectivity index (χ3n) is 4.92. The summed E-state index contributed by atoms with van der Waals surface area (Å²) in [5, 5.41) is 6.18. The molecule has 2 atom stereocenters. The average Bonchev–Trinajstić information content (AvgIpc) is 3.21. The van der Waals surface area contributed by atoms with Gasteiger partial charge >= 0.3 is 0 Å². The molecule has 1 amide bonds. The lowest BCUT2D eigenvalue weighted by molar-refractivity contribution is -0.125. The lowest BCUT2D eigenvalue weighted by atomic mass is 9.73. The number of halogens is 1. The van der Waals surface area contributed by atoms with Gasteiger partial charge in [0.05, 0.1) is 5.41 Å². The topological polar surface area (TPSA) is 42.0 Å². The van der Waals surface area contributed by atoms with E-state index in [4.69, 9.17) is 11.6 Å². The van der Waals surface area contributed by atoms with Crippen LogP contribution in [0.5, 0.6) is 0 Å². The largest absolute Gasteiger partial charge is 0.301 e. The molecule has 1 aliphatic rings. The summed E-state index contributed by atoms with van der Waals surface area (Å²) in [6.45, 7) is 2.03. The fraction of sp³-hybridized carbons (Fsp3) is 0.200. The first-order chi connectivity index (χ1) is 12.1. The standard InChI is InChI=1S/C20H17ClN2OS/c1-20(18(24)23-19-22-9-10-25-19)12-14-7-8-15(21)11-16(14)17(20)13-5-3-2-4-6-13/h2-11,17H,12H2,1H3,(H,22,23,24)/t17-,20+/m1/s1. The Morgan fingerprint density at radius 3 is 2.80 bits per heavy atom. The number of carbonyl (C=O) groups excluding carboxylic acids is 1. The van der Waals surface area contributed by atoms with Crippen molar-refractivity contribution in [2.45, 2.75) is 19.3 Å². The lowest BCUT2D eigenvalue weighted by Gasteiger charge is -2.31. The van der Waals surface area contributed by atoms with Gasteiger partial charge in [0.25, 0.3) is 0 Å². The molecule has 3 nitrogen and oxygen atoms in total. The zero-order chi connectivity index (χ0) is 17.4. The first kappa shape index (κ1) is 16.3. The van der Waals surface area contributed by atoms with Gasteiger partial charge in [0.2, 0.25) is 5.91 Å². The normalized spacial score (nSPS) is 21.8. The van der Waals surface area contributed by atoms with Gasteiger partial charge in [0, 0.05) is 22.5 Å². The Hall–Kier alpha value is -2.17. The summed E-state index contributed by atoms with van der Waals surface area (Å²) in [6, 6.07) is 16.1. The molecule has 1 heterocycles. The predicted octanol–water partition coefficient (Wildman–Crippen LogP) is 5.13. The van der Waals surface area contributed by atoms with Crippen LogP contribution in [0, 0.1) is 5.41 Å². The molecular formula is C20H17ClN2OS. The smallest absolute Gasteiger partial charge is 0.233 e. The second kappa shape index (κ2) is 6.28. The van der Waals surface area contributed by atoms with Gasteiger partial charge < -0.3 is 5.32 Å². The summed E-state index contributed by atoms with van der Waals surface area (Å²) in [7, 11) is 0. The van der Waals surface area contributed by atoms with Crippen molar-refractivity contribution < 1.29 is 4.79 Å². The molecule has 0 aliphatic heterocycles. The molecule has 1 aromatic heterocycles. The van der Waals surface area contributed by atoms with Crippen molar-refractivity contribution in [2.75, 3.05) is 5.32 Å². The summed E-state index contributed by atoms with van der Waals surface area (Å²) >= 11 is 7.68. The van der Waals surface area contributed by atoms with Gasteiger partial charge in [-0.25, -0.2) is 4.98 Å². The first-order valence-corrected chi connectivity index (χ1v) is 9.38. The van der Waals surface area contributed by atoms with E-state index in [1.54, 1.807) is 6.20 Å².